The van der Waals surface area contributed by atoms with E-state index in [1.807, 2.05) is 18.2 Å². The summed E-state index contributed by atoms with van der Waals surface area (Å²) in [6.45, 7) is 0.408. The van der Waals surface area contributed by atoms with Crippen molar-refractivity contribution in [3.05, 3.63) is 29.0 Å². The Morgan fingerprint density at radius 3 is 2.85 bits per heavy atom. The molecule has 0 unspecified atom stereocenters. The van der Waals surface area contributed by atoms with Crippen LogP contribution < -0.4 is 5.73 Å². The van der Waals surface area contributed by atoms with Crippen molar-refractivity contribution in [1.82, 2.24) is 9.97 Å². The van der Waals surface area contributed by atoms with Crippen LogP contribution in [-0.2, 0) is 6.54 Å². The number of aromatic amines is 1. The fraction of sp³-hybridized carbons (Fsp3) is 0.125. The lowest BCUT2D eigenvalue weighted by molar-refractivity contribution is 0.958. The predicted molar refractivity (Wildman–Crippen MR) is 56.2 cm³/mol. The van der Waals surface area contributed by atoms with E-state index in [1.165, 1.54) is 0 Å². The molecule has 0 saturated heterocycles. The smallest absolute Gasteiger partial charge is 0.121 e. The number of hydrogen-bond acceptors (Lipinski definition) is 2. The zero-order chi connectivity index (χ0) is 8.55. The highest BCUT2D eigenvalue weighted by Gasteiger charge is 2.03. The third-order valence-electron chi connectivity index (χ3n) is 1.71. The van der Waals surface area contributed by atoms with Crippen LogP contribution >= 0.6 is 24.0 Å². The van der Waals surface area contributed by atoms with Crippen LogP contribution in [0.1, 0.15) is 5.82 Å². The highest BCUT2D eigenvalue weighted by atomic mass is 35.5. The third kappa shape index (κ3) is 1.77. The highest BCUT2D eigenvalue weighted by Crippen LogP contribution is 2.20. The average molecular weight is 218 g/mol. The van der Waals surface area contributed by atoms with E-state index in [-0.39, 0.29) is 12.4 Å². The molecule has 0 radical (unpaired) electrons. The predicted octanol–water partition coefficient (Wildman–Crippen LogP) is 2.10. The minimum atomic E-state index is 0. The number of aromatic nitrogens is 2. The molecule has 5 heteroatoms. The average Bonchev–Trinajstić information content (AvgIpc) is 2.49. The molecular formula is C8H9Cl2N3. The number of hydrogen-bond donors (Lipinski definition) is 2. The van der Waals surface area contributed by atoms with Gasteiger partial charge in [-0.15, -0.1) is 12.4 Å². The van der Waals surface area contributed by atoms with Crippen molar-refractivity contribution >= 4 is 35.0 Å². The van der Waals surface area contributed by atoms with Gasteiger partial charge in [-0.25, -0.2) is 4.98 Å². The van der Waals surface area contributed by atoms with Crippen LogP contribution in [0, 0.1) is 0 Å². The van der Waals surface area contributed by atoms with Gasteiger partial charge in [-0.3, -0.25) is 0 Å². The quantitative estimate of drug-likeness (QED) is 0.769. The van der Waals surface area contributed by atoms with Gasteiger partial charge in [-0.1, -0.05) is 17.7 Å². The van der Waals surface area contributed by atoms with Gasteiger partial charge in [0.05, 0.1) is 17.1 Å². The molecule has 0 fully saturated rings. The topological polar surface area (TPSA) is 54.7 Å². The zero-order valence-corrected chi connectivity index (χ0v) is 8.32. The summed E-state index contributed by atoms with van der Waals surface area (Å²) in [5.74, 6) is 0.762. The Bertz CT molecular complexity index is 411. The van der Waals surface area contributed by atoms with Gasteiger partial charge in [0.15, 0.2) is 0 Å². The summed E-state index contributed by atoms with van der Waals surface area (Å²) in [7, 11) is 0. The van der Waals surface area contributed by atoms with E-state index in [2.05, 4.69) is 9.97 Å². The van der Waals surface area contributed by atoms with E-state index in [0.29, 0.717) is 11.6 Å². The second-order valence-corrected chi connectivity index (χ2v) is 2.93. The number of rotatable bonds is 1. The molecule has 0 aliphatic rings. The molecule has 0 spiro atoms. The standard InChI is InChI=1S/C8H8ClN3.ClH/c9-5-2-1-3-6-8(5)12-7(4-10)11-6;/h1-3H,4,10H2,(H,11,12);1H. The lowest BCUT2D eigenvalue weighted by Crippen LogP contribution is -1.97. The molecule has 0 amide bonds. The number of nitrogens with zero attached hydrogens (tertiary/aromatic N) is 1. The molecule has 3 N–H and O–H groups in total. The maximum absolute atomic E-state index is 5.90. The fourth-order valence-corrected chi connectivity index (χ4v) is 1.36. The molecule has 0 atom stereocenters. The molecular weight excluding hydrogens is 209 g/mol. The first-order chi connectivity index (χ1) is 5.81. The molecule has 70 valence electrons. The van der Waals surface area contributed by atoms with Crippen LogP contribution in [0.25, 0.3) is 11.0 Å². The molecule has 13 heavy (non-hydrogen) atoms. The molecule has 1 heterocycles. The van der Waals surface area contributed by atoms with Gasteiger partial charge in [0.2, 0.25) is 0 Å². The normalized spacial score (nSPS) is 10.0. The van der Waals surface area contributed by atoms with E-state index in [0.717, 1.165) is 16.9 Å². The van der Waals surface area contributed by atoms with E-state index in [1.54, 1.807) is 0 Å². The molecule has 1 aromatic carbocycles. The van der Waals surface area contributed by atoms with Gasteiger partial charge in [0.25, 0.3) is 0 Å². The Hall–Kier alpha value is -0.770. The number of fused-ring (bicyclic) bond motifs is 1. The summed E-state index contributed by atoms with van der Waals surface area (Å²) in [6, 6.07) is 5.61. The molecule has 0 aliphatic carbocycles. The van der Waals surface area contributed by atoms with Gasteiger partial charge >= 0.3 is 0 Å². The van der Waals surface area contributed by atoms with Crippen molar-refractivity contribution in [3.8, 4) is 0 Å². The maximum atomic E-state index is 5.90. The summed E-state index contributed by atoms with van der Waals surface area (Å²) in [6.07, 6.45) is 0. The van der Waals surface area contributed by atoms with Crippen LogP contribution in [-0.4, -0.2) is 9.97 Å². The largest absolute Gasteiger partial charge is 0.341 e. The van der Waals surface area contributed by atoms with Crippen molar-refractivity contribution in [3.63, 3.8) is 0 Å². The zero-order valence-electron chi connectivity index (χ0n) is 6.75. The SMILES string of the molecule is Cl.NCc1nc2c(Cl)cccc2[nH]1. The number of halogens is 2. The Morgan fingerprint density at radius 2 is 2.23 bits per heavy atom. The van der Waals surface area contributed by atoms with Crippen LogP contribution in [0.2, 0.25) is 5.02 Å². The van der Waals surface area contributed by atoms with Gasteiger partial charge in [0.1, 0.15) is 11.3 Å². The Kier molecular flexibility index (Phi) is 3.14. The lowest BCUT2D eigenvalue weighted by Gasteiger charge is -1.88. The molecule has 2 rings (SSSR count). The van der Waals surface area contributed by atoms with Crippen LogP contribution in [0.5, 0.6) is 0 Å². The molecule has 0 aliphatic heterocycles. The number of nitrogens with one attached hydrogen (secondary N) is 1. The minimum absolute atomic E-state index is 0. The highest BCUT2D eigenvalue weighted by molar-refractivity contribution is 6.34. The maximum Gasteiger partial charge on any atom is 0.121 e. The van der Waals surface area contributed by atoms with Gasteiger partial charge in [-0.05, 0) is 12.1 Å². The molecule has 1 aromatic heterocycles. The fourth-order valence-electron chi connectivity index (χ4n) is 1.14. The van der Waals surface area contributed by atoms with Gasteiger partial charge < -0.3 is 10.7 Å². The van der Waals surface area contributed by atoms with Crippen molar-refractivity contribution < 1.29 is 0 Å². The van der Waals surface area contributed by atoms with Crippen molar-refractivity contribution in [2.24, 2.45) is 5.73 Å². The van der Waals surface area contributed by atoms with Crippen LogP contribution in [0.3, 0.4) is 0 Å². The summed E-state index contributed by atoms with van der Waals surface area (Å²) >= 11 is 5.90. The minimum Gasteiger partial charge on any atom is -0.341 e. The third-order valence-corrected chi connectivity index (χ3v) is 2.01. The van der Waals surface area contributed by atoms with Crippen LogP contribution in [0.15, 0.2) is 18.2 Å². The van der Waals surface area contributed by atoms with Crippen LogP contribution in [0.4, 0.5) is 0 Å². The first kappa shape index (κ1) is 10.3. The van der Waals surface area contributed by atoms with Gasteiger partial charge in [0, 0.05) is 0 Å². The molecule has 0 saturated carbocycles. The Balaban J connectivity index is 0.000000845. The first-order valence-corrected chi connectivity index (χ1v) is 4.02. The van der Waals surface area contributed by atoms with Crippen molar-refractivity contribution in [2.75, 3.05) is 0 Å². The second kappa shape index (κ2) is 3.96. The lowest BCUT2D eigenvalue weighted by atomic mass is 10.3. The number of benzene rings is 1. The number of H-pyrrole nitrogens is 1. The number of imidazole rings is 1. The Morgan fingerprint density at radius 1 is 1.46 bits per heavy atom. The van der Waals surface area contributed by atoms with Gasteiger partial charge in [-0.2, -0.15) is 0 Å². The summed E-state index contributed by atoms with van der Waals surface area (Å²) < 4.78 is 0. The Labute approximate surface area is 86.7 Å². The second-order valence-electron chi connectivity index (χ2n) is 2.52. The summed E-state index contributed by atoms with van der Waals surface area (Å²) in [5.41, 5.74) is 7.15. The van der Waals surface area contributed by atoms with E-state index >= 15 is 0 Å². The monoisotopic (exact) mass is 217 g/mol. The van der Waals surface area contributed by atoms with E-state index in [4.69, 9.17) is 17.3 Å². The van der Waals surface area contributed by atoms with Crippen molar-refractivity contribution in [2.45, 2.75) is 6.54 Å². The number of para-hydroxylation sites is 1. The summed E-state index contributed by atoms with van der Waals surface area (Å²) in [4.78, 5) is 7.28. The summed E-state index contributed by atoms with van der Waals surface area (Å²) in [5, 5.41) is 0.656. The van der Waals surface area contributed by atoms with E-state index < -0.39 is 0 Å². The molecule has 0 bridgehead atoms. The van der Waals surface area contributed by atoms with E-state index in [9.17, 15) is 0 Å². The number of nitrogens with two attached hydrogens (primary N) is 1. The first-order valence-electron chi connectivity index (χ1n) is 3.64. The molecule has 3 nitrogen and oxygen atoms in total. The molecule has 2 aromatic rings. The van der Waals surface area contributed by atoms with Crippen molar-refractivity contribution in [1.29, 1.82) is 0 Å².